The summed E-state index contributed by atoms with van der Waals surface area (Å²) in [5.41, 5.74) is 0.705. The van der Waals surface area contributed by atoms with Crippen LogP contribution in [0.2, 0.25) is 0 Å². The number of thioether (sulfide) groups is 1. The average Bonchev–Trinajstić information content (AvgIpc) is 2.29. The van der Waals surface area contributed by atoms with Gasteiger partial charge in [0.15, 0.2) is 0 Å². The molecule has 0 saturated carbocycles. The van der Waals surface area contributed by atoms with Gasteiger partial charge in [0, 0.05) is 17.0 Å². The molecule has 1 aromatic rings. The molecule has 0 spiro atoms. The molecular weight excluding hydrogens is 206 g/mol. The van der Waals surface area contributed by atoms with E-state index in [1.165, 1.54) is 0 Å². The van der Waals surface area contributed by atoms with Crippen molar-refractivity contribution in [3.05, 3.63) is 42.5 Å². The van der Waals surface area contributed by atoms with E-state index >= 15 is 0 Å². The fraction of sp³-hybridized carbons (Fsp3) is 0.250. The lowest BCUT2D eigenvalue weighted by molar-refractivity contribution is 0.0954. The smallest absolute Gasteiger partial charge is 0.251 e. The molecular formula is C12H15NOS. The normalized spacial score (nSPS) is 9.67. The first kappa shape index (κ1) is 11.9. The predicted octanol–water partition coefficient (Wildman–Crippen LogP) is 2.71. The van der Waals surface area contributed by atoms with Crippen molar-refractivity contribution in [2.45, 2.75) is 11.3 Å². The Hall–Kier alpha value is -1.22. The molecule has 15 heavy (non-hydrogen) atoms. The maximum Gasteiger partial charge on any atom is 0.251 e. The molecule has 0 unspecified atom stereocenters. The van der Waals surface area contributed by atoms with E-state index in [9.17, 15) is 4.79 Å². The molecule has 1 amide bonds. The van der Waals surface area contributed by atoms with Gasteiger partial charge in [-0.3, -0.25) is 4.79 Å². The van der Waals surface area contributed by atoms with Gasteiger partial charge >= 0.3 is 0 Å². The number of carbonyl (C=O) groups excluding carboxylic acids is 1. The summed E-state index contributed by atoms with van der Waals surface area (Å²) in [7, 11) is 0. The first-order chi connectivity index (χ1) is 7.27. The highest BCUT2D eigenvalue weighted by atomic mass is 32.2. The van der Waals surface area contributed by atoms with Crippen LogP contribution in [0.1, 0.15) is 16.8 Å². The number of nitrogens with one attached hydrogen (secondary N) is 1. The van der Waals surface area contributed by atoms with Crippen molar-refractivity contribution in [3.63, 3.8) is 0 Å². The molecule has 1 N–H and O–H groups in total. The highest BCUT2D eigenvalue weighted by Crippen LogP contribution is 2.14. The van der Waals surface area contributed by atoms with Gasteiger partial charge in [-0.15, -0.1) is 18.3 Å². The van der Waals surface area contributed by atoms with Gasteiger partial charge in [0.25, 0.3) is 5.91 Å². The van der Waals surface area contributed by atoms with Crippen LogP contribution in [0.4, 0.5) is 0 Å². The highest BCUT2D eigenvalue weighted by molar-refractivity contribution is 7.98. The van der Waals surface area contributed by atoms with Crippen LogP contribution in [0.5, 0.6) is 0 Å². The van der Waals surface area contributed by atoms with Gasteiger partial charge in [0.1, 0.15) is 0 Å². The molecule has 0 bridgehead atoms. The zero-order valence-corrected chi connectivity index (χ0v) is 9.64. The summed E-state index contributed by atoms with van der Waals surface area (Å²) in [5.74, 6) is -0.0236. The summed E-state index contributed by atoms with van der Waals surface area (Å²) in [6.45, 7) is 4.24. The number of rotatable bonds is 5. The van der Waals surface area contributed by atoms with Crippen molar-refractivity contribution in [1.29, 1.82) is 0 Å². The van der Waals surface area contributed by atoms with E-state index in [1.807, 2.05) is 30.5 Å². The minimum atomic E-state index is -0.0236. The highest BCUT2D eigenvalue weighted by Gasteiger charge is 2.03. The van der Waals surface area contributed by atoms with Gasteiger partial charge < -0.3 is 5.32 Å². The Morgan fingerprint density at radius 2 is 2.13 bits per heavy atom. The van der Waals surface area contributed by atoms with Crippen LogP contribution in [-0.2, 0) is 0 Å². The van der Waals surface area contributed by atoms with Crippen molar-refractivity contribution in [1.82, 2.24) is 5.32 Å². The van der Waals surface area contributed by atoms with Gasteiger partial charge in [-0.05, 0) is 36.9 Å². The Balaban J connectivity index is 2.54. The standard InChI is InChI=1S/C12H15NOS/c1-3-4-9-13-12(14)10-5-7-11(15-2)8-6-10/h3,5-8H,1,4,9H2,2H3,(H,13,14). The van der Waals surface area contributed by atoms with E-state index in [4.69, 9.17) is 0 Å². The van der Waals surface area contributed by atoms with E-state index in [1.54, 1.807) is 17.8 Å². The second-order valence-electron chi connectivity index (χ2n) is 3.06. The van der Waals surface area contributed by atoms with E-state index < -0.39 is 0 Å². The van der Waals surface area contributed by atoms with Crippen LogP contribution < -0.4 is 5.32 Å². The largest absolute Gasteiger partial charge is 0.352 e. The quantitative estimate of drug-likeness (QED) is 0.470. The third kappa shape index (κ3) is 3.80. The van der Waals surface area contributed by atoms with Crippen LogP contribution in [0.25, 0.3) is 0 Å². The summed E-state index contributed by atoms with van der Waals surface area (Å²) in [5, 5.41) is 2.82. The fourth-order valence-corrected chi connectivity index (χ4v) is 1.54. The molecule has 1 aromatic carbocycles. The summed E-state index contributed by atoms with van der Waals surface area (Å²) in [6.07, 6.45) is 4.60. The molecule has 0 atom stereocenters. The van der Waals surface area contributed by atoms with E-state index in [0.717, 1.165) is 11.3 Å². The molecule has 1 rings (SSSR count). The Morgan fingerprint density at radius 1 is 1.47 bits per heavy atom. The molecule has 3 heteroatoms. The zero-order chi connectivity index (χ0) is 11.1. The average molecular weight is 221 g/mol. The monoisotopic (exact) mass is 221 g/mol. The van der Waals surface area contributed by atoms with Crippen molar-refractivity contribution in [3.8, 4) is 0 Å². The summed E-state index contributed by atoms with van der Waals surface area (Å²) >= 11 is 1.67. The van der Waals surface area contributed by atoms with Gasteiger partial charge in [-0.1, -0.05) is 6.08 Å². The molecule has 2 nitrogen and oxygen atoms in total. The Labute approximate surface area is 94.8 Å². The van der Waals surface area contributed by atoms with Gasteiger partial charge in [-0.2, -0.15) is 0 Å². The lowest BCUT2D eigenvalue weighted by atomic mass is 10.2. The summed E-state index contributed by atoms with van der Waals surface area (Å²) in [4.78, 5) is 12.7. The first-order valence-corrected chi connectivity index (χ1v) is 6.03. The first-order valence-electron chi connectivity index (χ1n) is 4.81. The minimum absolute atomic E-state index is 0.0236. The van der Waals surface area contributed by atoms with Crippen LogP contribution in [0.15, 0.2) is 41.8 Å². The number of hydrogen-bond acceptors (Lipinski definition) is 2. The van der Waals surface area contributed by atoms with E-state index in [2.05, 4.69) is 11.9 Å². The molecule has 0 saturated heterocycles. The maximum absolute atomic E-state index is 11.6. The third-order valence-electron chi connectivity index (χ3n) is 1.99. The number of hydrogen-bond donors (Lipinski definition) is 1. The SMILES string of the molecule is C=CCCNC(=O)c1ccc(SC)cc1. The van der Waals surface area contributed by atoms with Crippen LogP contribution in [-0.4, -0.2) is 18.7 Å². The maximum atomic E-state index is 11.6. The van der Waals surface area contributed by atoms with Crippen LogP contribution in [0.3, 0.4) is 0 Å². The van der Waals surface area contributed by atoms with Crippen LogP contribution in [0, 0.1) is 0 Å². The van der Waals surface area contributed by atoms with Crippen molar-refractivity contribution in [2.24, 2.45) is 0 Å². The lowest BCUT2D eigenvalue weighted by Crippen LogP contribution is -2.23. The minimum Gasteiger partial charge on any atom is -0.352 e. The summed E-state index contributed by atoms with van der Waals surface area (Å²) < 4.78 is 0. The van der Waals surface area contributed by atoms with Crippen LogP contribution >= 0.6 is 11.8 Å². The Bertz CT molecular complexity index is 332. The molecule has 0 aliphatic heterocycles. The molecule has 0 fully saturated rings. The van der Waals surface area contributed by atoms with Crippen molar-refractivity contribution in [2.75, 3.05) is 12.8 Å². The number of benzene rings is 1. The predicted molar refractivity (Wildman–Crippen MR) is 65.4 cm³/mol. The van der Waals surface area contributed by atoms with Crippen molar-refractivity contribution < 1.29 is 4.79 Å². The van der Waals surface area contributed by atoms with Gasteiger partial charge in [-0.25, -0.2) is 0 Å². The lowest BCUT2D eigenvalue weighted by Gasteiger charge is -2.03. The topological polar surface area (TPSA) is 29.1 Å². The second-order valence-corrected chi connectivity index (χ2v) is 3.94. The number of carbonyl (C=O) groups is 1. The third-order valence-corrected chi connectivity index (χ3v) is 2.73. The van der Waals surface area contributed by atoms with Crippen molar-refractivity contribution >= 4 is 17.7 Å². The van der Waals surface area contributed by atoms with Gasteiger partial charge in [0.05, 0.1) is 0 Å². The molecule has 0 aliphatic rings. The van der Waals surface area contributed by atoms with E-state index in [-0.39, 0.29) is 5.91 Å². The molecule has 80 valence electrons. The second kappa shape index (κ2) is 6.30. The fourth-order valence-electron chi connectivity index (χ4n) is 1.13. The van der Waals surface area contributed by atoms with E-state index in [0.29, 0.717) is 12.1 Å². The molecule has 0 aliphatic carbocycles. The van der Waals surface area contributed by atoms with Gasteiger partial charge in [0.2, 0.25) is 0 Å². The Morgan fingerprint density at radius 3 is 2.67 bits per heavy atom. The summed E-state index contributed by atoms with van der Waals surface area (Å²) in [6, 6.07) is 7.59. The molecule has 0 heterocycles. The Kier molecular flexibility index (Phi) is 4.98. The zero-order valence-electron chi connectivity index (χ0n) is 8.82. The molecule has 0 aromatic heterocycles. The number of amides is 1. The molecule has 0 radical (unpaired) electrons.